The van der Waals surface area contributed by atoms with Crippen molar-refractivity contribution >= 4 is 10.9 Å². The van der Waals surface area contributed by atoms with Gasteiger partial charge in [-0.3, -0.25) is 4.79 Å². The number of H-pyrrole nitrogens is 1. The Morgan fingerprint density at radius 1 is 1.23 bits per heavy atom. The number of pyridine rings is 1. The van der Waals surface area contributed by atoms with Gasteiger partial charge in [0.05, 0.1) is 23.2 Å². The van der Waals surface area contributed by atoms with Crippen LogP contribution in [0.5, 0.6) is 0 Å². The third-order valence-corrected chi connectivity index (χ3v) is 5.56. The summed E-state index contributed by atoms with van der Waals surface area (Å²) in [7, 11) is 0. The quantitative estimate of drug-likeness (QED) is 0.544. The van der Waals surface area contributed by atoms with Crippen LogP contribution in [0.15, 0.2) is 23.0 Å². The fourth-order valence-electron chi connectivity index (χ4n) is 4.18. The van der Waals surface area contributed by atoms with E-state index in [9.17, 15) is 9.90 Å². The minimum absolute atomic E-state index is 0.0205. The van der Waals surface area contributed by atoms with E-state index < -0.39 is 0 Å². The van der Waals surface area contributed by atoms with Crippen LogP contribution in [0.3, 0.4) is 0 Å². The number of nitrogens with zero attached hydrogens (tertiary/aromatic N) is 4. The van der Waals surface area contributed by atoms with Gasteiger partial charge in [0.25, 0.3) is 5.56 Å². The molecule has 0 aliphatic heterocycles. The average Bonchev–Trinajstić information content (AvgIpc) is 3.14. The number of aryl methyl sites for hydroxylation is 2. The van der Waals surface area contributed by atoms with Crippen molar-refractivity contribution in [3.63, 3.8) is 0 Å². The number of aliphatic hydroxyl groups is 1. The molecule has 0 saturated carbocycles. The molecule has 2 aromatic heterocycles. The number of hydrogen-bond acceptors (Lipinski definition) is 5. The molecule has 8 heteroatoms. The Morgan fingerprint density at radius 3 is 2.60 bits per heavy atom. The van der Waals surface area contributed by atoms with E-state index in [2.05, 4.69) is 67.3 Å². The first-order chi connectivity index (χ1) is 14.2. The van der Waals surface area contributed by atoms with Gasteiger partial charge in [-0.2, -0.15) is 0 Å². The second kappa shape index (κ2) is 8.65. The molecule has 0 saturated heterocycles. The topological polar surface area (TPSA) is 101 Å². The standard InChI is InChI=1S/C22H32N6O2/c1-7-18(20-24-25-26-28(20)22(4,5)6)27(8-9-29)13-17-12-16-11-14(2)10-15(3)19(16)23-21(17)30/h10-12,18,29H,7-9,13H2,1-6H3,(H,23,30)/p+1/t18-/m0/s1. The van der Waals surface area contributed by atoms with Crippen molar-refractivity contribution in [2.75, 3.05) is 13.2 Å². The molecule has 0 aliphatic carbocycles. The lowest BCUT2D eigenvalue weighted by Crippen LogP contribution is -3.11. The van der Waals surface area contributed by atoms with E-state index in [-0.39, 0.29) is 23.7 Å². The van der Waals surface area contributed by atoms with E-state index in [4.69, 9.17) is 0 Å². The second-order valence-corrected chi connectivity index (χ2v) is 9.06. The summed E-state index contributed by atoms with van der Waals surface area (Å²) in [6.07, 6.45) is 0.787. The third kappa shape index (κ3) is 4.44. The van der Waals surface area contributed by atoms with Crippen LogP contribution < -0.4 is 10.5 Å². The van der Waals surface area contributed by atoms with Gasteiger partial charge >= 0.3 is 0 Å². The van der Waals surface area contributed by atoms with Gasteiger partial charge in [-0.25, -0.2) is 4.68 Å². The molecule has 2 heterocycles. The van der Waals surface area contributed by atoms with Crippen molar-refractivity contribution in [3.8, 4) is 0 Å². The van der Waals surface area contributed by atoms with Gasteiger partial charge in [0.2, 0.25) is 5.82 Å². The largest absolute Gasteiger partial charge is 0.391 e. The summed E-state index contributed by atoms with van der Waals surface area (Å²) in [6.45, 7) is 13.3. The summed E-state index contributed by atoms with van der Waals surface area (Å²) in [5, 5.41) is 23.2. The van der Waals surface area contributed by atoms with Crippen molar-refractivity contribution in [2.45, 2.75) is 66.1 Å². The molecule has 0 aliphatic rings. The number of aromatic nitrogens is 5. The number of aliphatic hydroxyl groups excluding tert-OH is 1. The van der Waals surface area contributed by atoms with Gasteiger partial charge in [0, 0.05) is 6.42 Å². The van der Waals surface area contributed by atoms with E-state index >= 15 is 0 Å². The molecule has 8 nitrogen and oxygen atoms in total. The SMILES string of the molecule is CC[C@@H](c1nnnn1C(C)(C)C)[NH+](CCO)Cc1cc2cc(C)cc(C)c2[nH]c1=O. The van der Waals surface area contributed by atoms with Crippen LogP contribution in [0.25, 0.3) is 10.9 Å². The van der Waals surface area contributed by atoms with E-state index in [0.29, 0.717) is 18.7 Å². The third-order valence-electron chi connectivity index (χ3n) is 5.56. The van der Waals surface area contributed by atoms with Crippen molar-refractivity contribution in [1.29, 1.82) is 0 Å². The molecule has 1 unspecified atom stereocenters. The van der Waals surface area contributed by atoms with Crippen LogP contribution in [0.4, 0.5) is 0 Å². The normalized spacial score (nSPS) is 14.2. The van der Waals surface area contributed by atoms with Crippen LogP contribution in [0.2, 0.25) is 0 Å². The predicted molar refractivity (Wildman–Crippen MR) is 117 cm³/mol. The lowest BCUT2D eigenvalue weighted by atomic mass is 10.0. The highest BCUT2D eigenvalue weighted by Crippen LogP contribution is 2.20. The highest BCUT2D eigenvalue weighted by molar-refractivity contribution is 5.82. The van der Waals surface area contributed by atoms with Crippen LogP contribution in [-0.2, 0) is 12.1 Å². The summed E-state index contributed by atoms with van der Waals surface area (Å²) >= 11 is 0. The fourth-order valence-corrected chi connectivity index (χ4v) is 4.18. The minimum atomic E-state index is -0.258. The van der Waals surface area contributed by atoms with E-state index in [1.807, 2.05) is 17.7 Å². The number of hydrogen-bond donors (Lipinski definition) is 3. The lowest BCUT2D eigenvalue weighted by molar-refractivity contribution is -0.946. The first kappa shape index (κ1) is 22.1. The molecule has 3 rings (SSSR count). The van der Waals surface area contributed by atoms with Gasteiger partial charge in [-0.15, -0.1) is 5.10 Å². The second-order valence-electron chi connectivity index (χ2n) is 9.06. The number of tetrazole rings is 1. The molecule has 1 aromatic carbocycles. The minimum Gasteiger partial charge on any atom is -0.391 e. The number of rotatable bonds is 7. The Bertz CT molecular complexity index is 1080. The molecule has 30 heavy (non-hydrogen) atoms. The van der Waals surface area contributed by atoms with Gasteiger partial charge in [0.1, 0.15) is 19.1 Å². The van der Waals surface area contributed by atoms with Gasteiger partial charge in [0.15, 0.2) is 0 Å². The maximum Gasteiger partial charge on any atom is 0.257 e. The number of fused-ring (bicyclic) bond motifs is 1. The van der Waals surface area contributed by atoms with Crippen LogP contribution in [-0.4, -0.2) is 43.4 Å². The summed E-state index contributed by atoms with van der Waals surface area (Å²) in [4.78, 5) is 17.0. The van der Waals surface area contributed by atoms with Gasteiger partial charge in [-0.05, 0) is 68.1 Å². The molecule has 2 atom stereocenters. The molecule has 162 valence electrons. The molecular weight excluding hydrogens is 380 g/mol. The number of quaternary nitrogens is 1. The van der Waals surface area contributed by atoms with Crippen LogP contribution >= 0.6 is 0 Å². The molecule has 0 radical (unpaired) electrons. The summed E-state index contributed by atoms with van der Waals surface area (Å²) in [5.41, 5.74) is 3.45. The van der Waals surface area contributed by atoms with E-state index in [0.717, 1.165) is 39.2 Å². The molecule has 3 N–H and O–H groups in total. The Morgan fingerprint density at radius 2 is 1.97 bits per heavy atom. The van der Waals surface area contributed by atoms with Crippen molar-refractivity contribution in [1.82, 2.24) is 25.2 Å². The zero-order valence-electron chi connectivity index (χ0n) is 18.8. The summed E-state index contributed by atoms with van der Waals surface area (Å²) < 4.78 is 1.84. The Kier molecular flexibility index (Phi) is 6.38. The van der Waals surface area contributed by atoms with Crippen LogP contribution in [0.1, 0.15) is 62.7 Å². The van der Waals surface area contributed by atoms with Gasteiger partial charge in [-0.1, -0.05) is 18.6 Å². The van der Waals surface area contributed by atoms with E-state index in [1.54, 1.807) is 0 Å². The molecule has 0 spiro atoms. The van der Waals surface area contributed by atoms with Crippen LogP contribution in [0, 0.1) is 13.8 Å². The molecule has 0 amide bonds. The molecular formula is C22H33N6O2+. The van der Waals surface area contributed by atoms with Crippen molar-refractivity contribution in [2.24, 2.45) is 0 Å². The Hall–Kier alpha value is -2.58. The highest BCUT2D eigenvalue weighted by Gasteiger charge is 2.32. The number of aromatic amines is 1. The maximum atomic E-state index is 12.9. The monoisotopic (exact) mass is 413 g/mol. The maximum absolute atomic E-state index is 12.9. The highest BCUT2D eigenvalue weighted by atomic mass is 16.3. The summed E-state index contributed by atoms with van der Waals surface area (Å²) in [6, 6.07) is 6.09. The Balaban J connectivity index is 2.02. The number of nitrogens with one attached hydrogen (secondary N) is 2. The fraction of sp³-hybridized carbons (Fsp3) is 0.545. The first-order valence-electron chi connectivity index (χ1n) is 10.5. The van der Waals surface area contributed by atoms with Crippen molar-refractivity contribution < 1.29 is 10.0 Å². The first-order valence-corrected chi connectivity index (χ1v) is 10.5. The molecule has 3 aromatic rings. The smallest absolute Gasteiger partial charge is 0.257 e. The van der Waals surface area contributed by atoms with Gasteiger partial charge < -0.3 is 15.0 Å². The van der Waals surface area contributed by atoms with Crippen molar-refractivity contribution in [3.05, 3.63) is 51.1 Å². The zero-order chi connectivity index (χ0) is 22.1. The summed E-state index contributed by atoms with van der Waals surface area (Å²) in [5.74, 6) is 0.775. The number of benzene rings is 1. The molecule has 0 bridgehead atoms. The lowest BCUT2D eigenvalue weighted by Gasteiger charge is -2.29. The average molecular weight is 414 g/mol. The Labute approximate surface area is 176 Å². The predicted octanol–water partition coefficient (Wildman–Crippen LogP) is 1.41. The molecule has 0 fully saturated rings. The van der Waals surface area contributed by atoms with E-state index in [1.165, 1.54) is 0 Å². The zero-order valence-corrected chi connectivity index (χ0v) is 18.8.